The van der Waals surface area contributed by atoms with Gasteiger partial charge in [0.1, 0.15) is 0 Å². The topological polar surface area (TPSA) is 95.5 Å². The van der Waals surface area contributed by atoms with Gasteiger partial charge in [0.15, 0.2) is 0 Å². The molecule has 1 heterocycles. The zero-order valence-electron chi connectivity index (χ0n) is 11.7. The Labute approximate surface area is 125 Å². The van der Waals surface area contributed by atoms with Gasteiger partial charge in [-0.15, -0.1) is 0 Å². The van der Waals surface area contributed by atoms with Gasteiger partial charge in [0.2, 0.25) is 0 Å². The molecule has 6 nitrogen and oxygen atoms in total. The van der Waals surface area contributed by atoms with Crippen LogP contribution in [0.1, 0.15) is 28.8 Å². The van der Waals surface area contributed by atoms with Gasteiger partial charge in [-0.1, -0.05) is 0 Å². The fraction of sp³-hybridized carbons (Fsp3) is 0.429. The van der Waals surface area contributed by atoms with Gasteiger partial charge < -0.3 is 15.7 Å². The Morgan fingerprint density at radius 3 is 2.52 bits per heavy atom. The Morgan fingerprint density at radius 1 is 1.29 bits per heavy atom. The third-order valence-electron chi connectivity index (χ3n) is 3.44. The van der Waals surface area contributed by atoms with Crippen LogP contribution in [0.5, 0.6) is 0 Å². The van der Waals surface area contributed by atoms with Crippen LogP contribution in [0.15, 0.2) is 18.2 Å². The molecule has 1 saturated heterocycles. The number of aryl methyl sites for hydroxylation is 1. The van der Waals surface area contributed by atoms with Gasteiger partial charge in [-0.05, 0) is 43.5 Å². The summed E-state index contributed by atoms with van der Waals surface area (Å²) in [5.74, 6) is 0.257. The molecule has 0 radical (unpaired) electrons. The summed E-state index contributed by atoms with van der Waals surface area (Å²) in [7, 11) is -0.751. The summed E-state index contributed by atoms with van der Waals surface area (Å²) in [6, 6.07) is 4.37. The molecule has 0 aromatic heterocycles. The summed E-state index contributed by atoms with van der Waals surface area (Å²) >= 11 is 0. The van der Waals surface area contributed by atoms with E-state index in [1.54, 1.807) is 19.1 Å². The Bertz CT molecular complexity index is 578. The van der Waals surface area contributed by atoms with E-state index in [2.05, 4.69) is 10.6 Å². The number of urea groups is 1. The number of carbonyl (C=O) groups is 2. The molecule has 21 heavy (non-hydrogen) atoms. The summed E-state index contributed by atoms with van der Waals surface area (Å²) in [6.07, 6.45) is 1.44. The maximum Gasteiger partial charge on any atom is 0.335 e. The maximum absolute atomic E-state index is 11.9. The van der Waals surface area contributed by atoms with Crippen molar-refractivity contribution in [3.8, 4) is 0 Å². The zero-order chi connectivity index (χ0) is 15.4. The van der Waals surface area contributed by atoms with Crippen LogP contribution in [0.3, 0.4) is 0 Å². The van der Waals surface area contributed by atoms with E-state index in [9.17, 15) is 13.8 Å². The van der Waals surface area contributed by atoms with E-state index in [1.165, 1.54) is 6.07 Å². The summed E-state index contributed by atoms with van der Waals surface area (Å²) in [5.41, 5.74) is 1.36. The Hall–Kier alpha value is -1.89. The SMILES string of the molecule is Cc1cc(NC(=O)NC2CCS(=O)CC2)ccc1C(=O)O. The molecule has 1 aliphatic rings. The number of nitrogens with one attached hydrogen (secondary N) is 2. The number of carboxylic acids is 1. The molecule has 7 heteroatoms. The average Bonchev–Trinajstić information content (AvgIpc) is 2.41. The van der Waals surface area contributed by atoms with Crippen molar-refractivity contribution in [3.05, 3.63) is 29.3 Å². The normalized spacial score (nSPS) is 21.6. The number of carbonyl (C=O) groups excluding carboxylic acids is 1. The van der Waals surface area contributed by atoms with Gasteiger partial charge >= 0.3 is 12.0 Å². The fourth-order valence-electron chi connectivity index (χ4n) is 2.27. The third-order valence-corrected chi connectivity index (χ3v) is 4.82. The molecule has 1 aromatic carbocycles. The molecule has 1 aromatic rings. The first kappa shape index (κ1) is 15.5. The quantitative estimate of drug-likeness (QED) is 0.792. The van der Waals surface area contributed by atoms with Crippen molar-refractivity contribution in [2.75, 3.05) is 16.8 Å². The van der Waals surface area contributed by atoms with Crippen molar-refractivity contribution in [1.82, 2.24) is 5.32 Å². The first-order chi connectivity index (χ1) is 9.95. The second-order valence-electron chi connectivity index (χ2n) is 5.06. The molecule has 1 fully saturated rings. The lowest BCUT2D eigenvalue weighted by atomic mass is 10.1. The minimum atomic E-state index is -0.987. The van der Waals surface area contributed by atoms with E-state index in [0.29, 0.717) is 22.8 Å². The van der Waals surface area contributed by atoms with Gasteiger partial charge in [0.25, 0.3) is 0 Å². The second-order valence-corrected chi connectivity index (χ2v) is 6.75. The highest BCUT2D eigenvalue weighted by molar-refractivity contribution is 7.85. The predicted octanol–water partition coefficient (Wildman–Crippen LogP) is 1.73. The number of rotatable bonds is 3. The Morgan fingerprint density at radius 2 is 1.95 bits per heavy atom. The molecular formula is C14H18N2O4S. The number of hydrogen-bond donors (Lipinski definition) is 3. The van der Waals surface area contributed by atoms with E-state index >= 15 is 0 Å². The van der Waals surface area contributed by atoms with Crippen molar-refractivity contribution < 1.29 is 18.9 Å². The molecular weight excluding hydrogens is 292 g/mol. The van der Waals surface area contributed by atoms with Crippen LogP contribution in [-0.2, 0) is 10.8 Å². The molecule has 2 rings (SSSR count). The number of benzene rings is 1. The highest BCUT2D eigenvalue weighted by Gasteiger charge is 2.19. The molecule has 0 bridgehead atoms. The third kappa shape index (κ3) is 4.29. The molecule has 0 saturated carbocycles. The average molecular weight is 310 g/mol. The Kier molecular flexibility index (Phi) is 4.95. The van der Waals surface area contributed by atoms with E-state index in [4.69, 9.17) is 5.11 Å². The number of carboxylic acid groups (broad SMARTS) is 1. The van der Waals surface area contributed by atoms with Crippen molar-refractivity contribution in [3.63, 3.8) is 0 Å². The van der Waals surface area contributed by atoms with Gasteiger partial charge in [0.05, 0.1) is 5.56 Å². The van der Waals surface area contributed by atoms with Gasteiger partial charge in [0, 0.05) is 34.0 Å². The van der Waals surface area contributed by atoms with Crippen molar-refractivity contribution in [2.45, 2.75) is 25.8 Å². The van der Waals surface area contributed by atoms with E-state index in [1.807, 2.05) is 0 Å². The summed E-state index contributed by atoms with van der Waals surface area (Å²) < 4.78 is 11.2. The first-order valence-electron chi connectivity index (χ1n) is 6.72. The molecule has 0 aliphatic carbocycles. The predicted molar refractivity (Wildman–Crippen MR) is 81.2 cm³/mol. The standard InChI is InChI=1S/C14H18N2O4S/c1-9-8-11(2-3-12(9)13(17)18)16-14(19)15-10-4-6-21(20)7-5-10/h2-3,8,10H,4-7H2,1H3,(H,17,18)(H2,15,16,19). The van der Waals surface area contributed by atoms with Crippen LogP contribution >= 0.6 is 0 Å². The largest absolute Gasteiger partial charge is 0.478 e. The van der Waals surface area contributed by atoms with Crippen molar-refractivity contribution in [1.29, 1.82) is 0 Å². The van der Waals surface area contributed by atoms with Crippen LogP contribution in [0.4, 0.5) is 10.5 Å². The van der Waals surface area contributed by atoms with Gasteiger partial charge in [-0.3, -0.25) is 4.21 Å². The molecule has 1 aliphatic heterocycles. The lowest BCUT2D eigenvalue weighted by Gasteiger charge is -2.22. The van der Waals surface area contributed by atoms with Crippen LogP contribution in [0.25, 0.3) is 0 Å². The smallest absolute Gasteiger partial charge is 0.335 e. The highest BCUT2D eigenvalue weighted by Crippen LogP contribution is 2.15. The maximum atomic E-state index is 11.9. The monoisotopic (exact) mass is 310 g/mol. The molecule has 3 N–H and O–H groups in total. The van der Waals surface area contributed by atoms with Crippen molar-refractivity contribution >= 4 is 28.5 Å². The second kappa shape index (κ2) is 6.71. The van der Waals surface area contributed by atoms with Crippen LogP contribution in [-0.4, -0.2) is 38.9 Å². The summed E-state index contributed by atoms with van der Waals surface area (Å²) in [5, 5.41) is 14.5. The zero-order valence-corrected chi connectivity index (χ0v) is 12.5. The fourth-order valence-corrected chi connectivity index (χ4v) is 3.57. The van der Waals surface area contributed by atoms with Crippen LogP contribution < -0.4 is 10.6 Å². The van der Waals surface area contributed by atoms with Gasteiger partial charge in [-0.2, -0.15) is 0 Å². The molecule has 0 atom stereocenters. The molecule has 0 spiro atoms. The van der Waals surface area contributed by atoms with E-state index in [0.717, 1.165) is 12.8 Å². The molecule has 114 valence electrons. The molecule has 0 unspecified atom stereocenters. The van der Waals surface area contributed by atoms with Crippen LogP contribution in [0.2, 0.25) is 0 Å². The first-order valence-corrected chi connectivity index (χ1v) is 8.21. The minimum Gasteiger partial charge on any atom is -0.478 e. The van der Waals surface area contributed by atoms with Crippen LogP contribution in [0, 0.1) is 6.92 Å². The number of hydrogen-bond acceptors (Lipinski definition) is 3. The lowest BCUT2D eigenvalue weighted by Crippen LogP contribution is -2.41. The van der Waals surface area contributed by atoms with Gasteiger partial charge in [-0.25, -0.2) is 9.59 Å². The Balaban J connectivity index is 1.92. The number of aromatic carboxylic acids is 1. The molecule has 2 amide bonds. The minimum absolute atomic E-state index is 0.0436. The lowest BCUT2D eigenvalue weighted by molar-refractivity contribution is 0.0696. The van der Waals surface area contributed by atoms with E-state index in [-0.39, 0.29) is 17.6 Å². The summed E-state index contributed by atoms with van der Waals surface area (Å²) in [6.45, 7) is 1.68. The van der Waals surface area contributed by atoms with Crippen molar-refractivity contribution in [2.24, 2.45) is 0 Å². The summed E-state index contributed by atoms with van der Waals surface area (Å²) in [4.78, 5) is 22.8. The highest BCUT2D eigenvalue weighted by atomic mass is 32.2. The number of anilines is 1. The van der Waals surface area contributed by atoms with E-state index < -0.39 is 16.8 Å². The number of amides is 2.